The molecule has 0 atom stereocenters. The lowest BCUT2D eigenvalue weighted by Crippen LogP contribution is -2.52. The molecule has 0 aromatic heterocycles. The van der Waals surface area contributed by atoms with Crippen molar-refractivity contribution in [3.05, 3.63) is 0 Å². The summed E-state index contributed by atoms with van der Waals surface area (Å²) in [7, 11) is 1.68. The first kappa shape index (κ1) is 14.2. The molecule has 1 rings (SSSR count). The van der Waals surface area contributed by atoms with Crippen molar-refractivity contribution < 1.29 is 19.0 Å². The third-order valence-corrected chi connectivity index (χ3v) is 2.19. The number of hydrogen-bond acceptors (Lipinski definition) is 5. The van der Waals surface area contributed by atoms with Crippen molar-refractivity contribution in [1.82, 2.24) is 10.4 Å². The molecular formula is C11H22N2O4. The first-order chi connectivity index (χ1) is 7.94. The third kappa shape index (κ3) is 4.89. The third-order valence-electron chi connectivity index (χ3n) is 2.19. The topological polar surface area (TPSA) is 60.0 Å². The van der Waals surface area contributed by atoms with Crippen LogP contribution in [-0.4, -0.2) is 56.2 Å². The van der Waals surface area contributed by atoms with Crippen molar-refractivity contribution >= 4 is 6.09 Å². The Kier molecular flexibility index (Phi) is 5.17. The van der Waals surface area contributed by atoms with Gasteiger partial charge in [-0.1, -0.05) is 0 Å². The quantitative estimate of drug-likeness (QED) is 0.729. The van der Waals surface area contributed by atoms with Gasteiger partial charge in [0.2, 0.25) is 0 Å². The summed E-state index contributed by atoms with van der Waals surface area (Å²) in [6.07, 6.45) is -0.417. The van der Waals surface area contributed by atoms with E-state index < -0.39 is 11.7 Å². The van der Waals surface area contributed by atoms with Crippen molar-refractivity contribution in [2.24, 2.45) is 0 Å². The minimum Gasteiger partial charge on any atom is -0.443 e. The Morgan fingerprint density at radius 3 is 2.24 bits per heavy atom. The number of rotatable bonds is 2. The molecule has 0 unspecified atom stereocenters. The number of carbonyl (C=O) groups excluding carboxylic acids is 1. The Morgan fingerprint density at radius 2 is 1.82 bits per heavy atom. The van der Waals surface area contributed by atoms with Gasteiger partial charge in [-0.15, -0.1) is 0 Å². The highest BCUT2D eigenvalue weighted by Crippen LogP contribution is 2.11. The minimum atomic E-state index is -0.515. The second-order valence-electron chi connectivity index (χ2n) is 4.88. The molecule has 6 nitrogen and oxygen atoms in total. The second kappa shape index (κ2) is 6.18. The van der Waals surface area contributed by atoms with Crippen molar-refractivity contribution in [2.75, 3.05) is 33.5 Å². The molecule has 0 radical (unpaired) electrons. The fraction of sp³-hybridized carbons (Fsp3) is 0.909. The van der Waals surface area contributed by atoms with E-state index >= 15 is 0 Å². The van der Waals surface area contributed by atoms with Gasteiger partial charge in [-0.3, -0.25) is 0 Å². The van der Waals surface area contributed by atoms with Crippen molar-refractivity contribution in [1.29, 1.82) is 0 Å². The highest BCUT2D eigenvalue weighted by atomic mass is 16.6. The van der Waals surface area contributed by atoms with Crippen LogP contribution < -0.4 is 5.43 Å². The van der Waals surface area contributed by atoms with E-state index in [2.05, 4.69) is 5.43 Å². The van der Waals surface area contributed by atoms with Crippen LogP contribution in [0.1, 0.15) is 20.8 Å². The number of hydrazine groups is 1. The largest absolute Gasteiger partial charge is 0.443 e. The Morgan fingerprint density at radius 1 is 1.29 bits per heavy atom. The zero-order chi connectivity index (χ0) is 12.9. The Bertz CT molecular complexity index is 244. The summed E-state index contributed by atoms with van der Waals surface area (Å²) in [5.41, 5.74) is 2.31. The lowest BCUT2D eigenvalue weighted by Gasteiger charge is -2.31. The summed E-state index contributed by atoms with van der Waals surface area (Å²) in [6.45, 7) is 7.50. The zero-order valence-electron chi connectivity index (χ0n) is 11.0. The maximum absolute atomic E-state index is 11.9. The van der Waals surface area contributed by atoms with E-state index in [1.807, 2.05) is 20.8 Å². The summed E-state index contributed by atoms with van der Waals surface area (Å²) in [5, 5.41) is 1.41. The molecular weight excluding hydrogens is 224 g/mol. The van der Waals surface area contributed by atoms with Crippen molar-refractivity contribution in [3.8, 4) is 0 Å². The first-order valence-corrected chi connectivity index (χ1v) is 5.79. The molecule has 1 amide bonds. The fourth-order valence-electron chi connectivity index (χ4n) is 1.49. The Labute approximate surface area is 102 Å². The van der Waals surface area contributed by atoms with Crippen molar-refractivity contribution in [2.45, 2.75) is 32.4 Å². The number of amides is 1. The lowest BCUT2D eigenvalue weighted by atomic mass is 10.2. The van der Waals surface area contributed by atoms with Gasteiger partial charge in [0.15, 0.2) is 0 Å². The maximum atomic E-state index is 11.9. The fourth-order valence-corrected chi connectivity index (χ4v) is 1.49. The monoisotopic (exact) mass is 246 g/mol. The average molecular weight is 246 g/mol. The number of hydrogen-bond donors (Lipinski definition) is 1. The summed E-state index contributed by atoms with van der Waals surface area (Å²) in [4.78, 5) is 11.9. The van der Waals surface area contributed by atoms with E-state index in [0.29, 0.717) is 26.4 Å². The van der Waals surface area contributed by atoms with Gasteiger partial charge in [-0.05, 0) is 20.8 Å². The van der Waals surface area contributed by atoms with E-state index in [0.717, 1.165) is 0 Å². The molecule has 17 heavy (non-hydrogen) atoms. The molecule has 1 fully saturated rings. The smallest absolute Gasteiger partial charge is 0.425 e. The van der Waals surface area contributed by atoms with Gasteiger partial charge in [0.1, 0.15) is 5.60 Å². The van der Waals surface area contributed by atoms with E-state index in [4.69, 9.17) is 14.2 Å². The van der Waals surface area contributed by atoms with Crippen LogP contribution in [0.2, 0.25) is 0 Å². The first-order valence-electron chi connectivity index (χ1n) is 5.79. The average Bonchev–Trinajstić information content (AvgIpc) is 2.45. The van der Waals surface area contributed by atoms with Gasteiger partial charge >= 0.3 is 6.09 Å². The highest BCUT2D eigenvalue weighted by molar-refractivity contribution is 5.68. The molecule has 0 spiro atoms. The van der Waals surface area contributed by atoms with Crippen LogP contribution in [0.25, 0.3) is 0 Å². The van der Waals surface area contributed by atoms with E-state index in [1.165, 1.54) is 5.01 Å². The number of carbonyl (C=O) groups is 1. The highest BCUT2D eigenvalue weighted by Gasteiger charge is 2.28. The Balaban J connectivity index is 2.59. The zero-order valence-corrected chi connectivity index (χ0v) is 11.0. The van der Waals surface area contributed by atoms with Crippen molar-refractivity contribution in [3.63, 3.8) is 0 Å². The van der Waals surface area contributed by atoms with Crippen LogP contribution in [0.5, 0.6) is 0 Å². The molecule has 0 aromatic rings. The van der Waals surface area contributed by atoms with E-state index in [1.54, 1.807) is 7.05 Å². The van der Waals surface area contributed by atoms with Gasteiger partial charge in [-0.25, -0.2) is 15.2 Å². The van der Waals surface area contributed by atoms with Gasteiger partial charge in [0.05, 0.1) is 32.5 Å². The molecule has 100 valence electrons. The van der Waals surface area contributed by atoms with Crippen LogP contribution in [-0.2, 0) is 14.2 Å². The summed E-state index contributed by atoms with van der Waals surface area (Å²) in [6, 6.07) is -0.169. The van der Waals surface area contributed by atoms with E-state index in [-0.39, 0.29) is 6.04 Å². The molecule has 0 bridgehead atoms. The molecule has 1 aliphatic rings. The predicted molar refractivity (Wildman–Crippen MR) is 62.6 cm³/mol. The summed E-state index contributed by atoms with van der Waals surface area (Å²) >= 11 is 0. The van der Waals surface area contributed by atoms with Crippen LogP contribution in [0.15, 0.2) is 0 Å². The molecule has 0 saturated carbocycles. The Hall–Kier alpha value is -0.850. The molecule has 1 N–H and O–H groups in total. The van der Waals surface area contributed by atoms with E-state index in [9.17, 15) is 4.79 Å². The molecule has 0 aliphatic carbocycles. The maximum Gasteiger partial charge on any atom is 0.425 e. The summed E-state index contributed by atoms with van der Waals surface area (Å²) in [5.74, 6) is 0. The molecule has 0 aromatic carbocycles. The molecule has 6 heteroatoms. The molecule has 1 saturated heterocycles. The molecule has 1 aliphatic heterocycles. The number of nitrogens with zero attached hydrogens (tertiary/aromatic N) is 1. The second-order valence-corrected chi connectivity index (χ2v) is 4.88. The van der Waals surface area contributed by atoms with Gasteiger partial charge in [0, 0.05) is 7.05 Å². The minimum absolute atomic E-state index is 0.169. The lowest BCUT2D eigenvalue weighted by molar-refractivity contribution is -0.0135. The van der Waals surface area contributed by atoms with Gasteiger partial charge < -0.3 is 14.2 Å². The van der Waals surface area contributed by atoms with Gasteiger partial charge in [0.25, 0.3) is 0 Å². The van der Waals surface area contributed by atoms with Crippen LogP contribution in [0.3, 0.4) is 0 Å². The number of ether oxygens (including phenoxy) is 3. The van der Waals surface area contributed by atoms with Crippen LogP contribution in [0.4, 0.5) is 4.79 Å². The standard InChI is InChI=1S/C11H22N2O4/c1-11(2,3)17-10(14)13(12-4)9-7-15-5-6-16-8-9/h9,12H,5-8H2,1-4H3. The SMILES string of the molecule is CNN(C(=O)OC(C)(C)C)C1COCCOC1. The number of nitrogens with one attached hydrogen (secondary N) is 1. The predicted octanol–water partition coefficient (Wildman–Crippen LogP) is 0.773. The normalized spacial score (nSPS) is 18.6. The van der Waals surface area contributed by atoms with Crippen LogP contribution >= 0.6 is 0 Å². The molecule has 1 heterocycles. The van der Waals surface area contributed by atoms with Crippen LogP contribution in [0, 0.1) is 0 Å². The summed E-state index contributed by atoms with van der Waals surface area (Å²) < 4.78 is 16.0. The van der Waals surface area contributed by atoms with Gasteiger partial charge in [-0.2, -0.15) is 0 Å².